The minimum atomic E-state index is 0.587. The molecule has 0 saturated heterocycles. The standard InChI is InChI=1S/C37H22BrN5/c38-31-19-29(32-5-1-7-34-33(32)6-3-17-41-34)18-30(20-31)36-21-35(42-37(43-36)27-10-8-24(22-39)9-11-27)26-14-12-25(13-15-26)28-4-2-16-40-23-28/h1-21,23H. The largest absolute Gasteiger partial charge is 0.264 e. The van der Waals surface area contributed by atoms with Crippen molar-refractivity contribution in [2.45, 2.75) is 0 Å². The van der Waals surface area contributed by atoms with Gasteiger partial charge in [-0.25, -0.2) is 9.97 Å². The Bertz CT molecular complexity index is 2130. The van der Waals surface area contributed by atoms with Crippen LogP contribution in [0.4, 0.5) is 0 Å². The first-order valence-corrected chi connectivity index (χ1v) is 14.5. The van der Waals surface area contributed by atoms with Crippen molar-refractivity contribution in [2.75, 3.05) is 0 Å². The Balaban J connectivity index is 1.37. The van der Waals surface area contributed by atoms with Gasteiger partial charge in [0.1, 0.15) is 0 Å². The molecule has 0 radical (unpaired) electrons. The van der Waals surface area contributed by atoms with Crippen molar-refractivity contribution in [3.63, 3.8) is 0 Å². The Morgan fingerprint density at radius 3 is 2.07 bits per heavy atom. The number of hydrogen-bond donors (Lipinski definition) is 0. The van der Waals surface area contributed by atoms with Crippen LogP contribution >= 0.6 is 15.9 Å². The topological polar surface area (TPSA) is 75.3 Å². The van der Waals surface area contributed by atoms with Crippen molar-refractivity contribution < 1.29 is 0 Å². The highest BCUT2D eigenvalue weighted by molar-refractivity contribution is 9.10. The molecule has 7 rings (SSSR count). The maximum absolute atomic E-state index is 9.31. The van der Waals surface area contributed by atoms with E-state index in [9.17, 15) is 5.26 Å². The number of nitriles is 1. The summed E-state index contributed by atoms with van der Waals surface area (Å²) in [4.78, 5) is 18.8. The van der Waals surface area contributed by atoms with E-state index in [0.29, 0.717) is 11.4 Å². The Labute approximate surface area is 257 Å². The van der Waals surface area contributed by atoms with Crippen LogP contribution in [0.5, 0.6) is 0 Å². The van der Waals surface area contributed by atoms with Crippen molar-refractivity contribution in [3.8, 4) is 62.2 Å². The van der Waals surface area contributed by atoms with Gasteiger partial charge in [0.15, 0.2) is 5.82 Å². The molecule has 0 saturated carbocycles. The van der Waals surface area contributed by atoms with Crippen LogP contribution in [0.2, 0.25) is 0 Å². The Kier molecular flexibility index (Phi) is 7.00. The zero-order chi connectivity index (χ0) is 29.2. The van der Waals surface area contributed by atoms with E-state index in [2.05, 4.69) is 86.6 Å². The summed E-state index contributed by atoms with van der Waals surface area (Å²) in [7, 11) is 0. The number of halogens is 1. The van der Waals surface area contributed by atoms with E-state index in [0.717, 1.165) is 65.7 Å². The smallest absolute Gasteiger partial charge is 0.160 e. The molecule has 6 heteroatoms. The molecule has 4 aromatic carbocycles. The summed E-state index contributed by atoms with van der Waals surface area (Å²) in [6.45, 7) is 0. The van der Waals surface area contributed by atoms with Crippen LogP contribution in [0.1, 0.15) is 5.56 Å². The lowest BCUT2D eigenvalue weighted by atomic mass is 9.97. The molecule has 0 aliphatic heterocycles. The molecule has 0 amide bonds. The van der Waals surface area contributed by atoms with Crippen LogP contribution in [0.15, 0.2) is 138 Å². The van der Waals surface area contributed by atoms with Crippen molar-refractivity contribution in [1.82, 2.24) is 19.9 Å². The zero-order valence-electron chi connectivity index (χ0n) is 22.8. The molecule has 0 aliphatic rings. The van der Waals surface area contributed by atoms with Crippen molar-refractivity contribution in [2.24, 2.45) is 0 Å². The maximum Gasteiger partial charge on any atom is 0.160 e. The fourth-order valence-electron chi connectivity index (χ4n) is 5.18. The first kappa shape index (κ1) is 26.4. The molecule has 0 unspecified atom stereocenters. The molecule has 0 N–H and O–H groups in total. The third-order valence-corrected chi connectivity index (χ3v) is 7.78. The Hall–Kier alpha value is -5.51. The monoisotopic (exact) mass is 615 g/mol. The summed E-state index contributed by atoms with van der Waals surface area (Å²) in [5, 5.41) is 10.4. The molecule has 202 valence electrons. The fourth-order valence-corrected chi connectivity index (χ4v) is 5.67. The Morgan fingerprint density at radius 1 is 0.581 bits per heavy atom. The van der Waals surface area contributed by atoms with Gasteiger partial charge in [0, 0.05) is 45.1 Å². The van der Waals surface area contributed by atoms with Crippen LogP contribution in [0.25, 0.3) is 67.1 Å². The van der Waals surface area contributed by atoms with Gasteiger partial charge in [-0.1, -0.05) is 64.5 Å². The maximum atomic E-state index is 9.31. The second-order valence-corrected chi connectivity index (χ2v) is 11.0. The summed E-state index contributed by atoms with van der Waals surface area (Å²) in [6, 6.07) is 40.5. The van der Waals surface area contributed by atoms with E-state index < -0.39 is 0 Å². The molecular formula is C37H22BrN5. The van der Waals surface area contributed by atoms with Crippen LogP contribution in [0, 0.1) is 11.3 Å². The average molecular weight is 617 g/mol. The quantitative estimate of drug-likeness (QED) is 0.193. The van der Waals surface area contributed by atoms with Gasteiger partial charge >= 0.3 is 0 Å². The summed E-state index contributed by atoms with van der Waals surface area (Å²) in [5.41, 5.74) is 10.2. The van der Waals surface area contributed by atoms with Gasteiger partial charge in [0.2, 0.25) is 0 Å². The lowest BCUT2D eigenvalue weighted by Gasteiger charge is -2.12. The minimum Gasteiger partial charge on any atom is -0.264 e. The number of nitrogens with zero attached hydrogens (tertiary/aromatic N) is 5. The molecule has 3 aromatic heterocycles. The molecule has 0 spiro atoms. The van der Waals surface area contributed by atoms with Gasteiger partial charge in [-0.05, 0) is 89.0 Å². The number of rotatable bonds is 5. The second kappa shape index (κ2) is 11.4. The van der Waals surface area contributed by atoms with E-state index in [1.165, 1.54) is 0 Å². The summed E-state index contributed by atoms with van der Waals surface area (Å²) in [5.74, 6) is 0.587. The highest BCUT2D eigenvalue weighted by Crippen LogP contribution is 2.35. The predicted octanol–water partition coefficient (Wildman–Crippen LogP) is 9.39. The summed E-state index contributed by atoms with van der Waals surface area (Å²) >= 11 is 3.75. The summed E-state index contributed by atoms with van der Waals surface area (Å²) in [6.07, 6.45) is 5.45. The highest BCUT2D eigenvalue weighted by Gasteiger charge is 2.14. The first-order valence-electron chi connectivity index (χ1n) is 13.7. The summed E-state index contributed by atoms with van der Waals surface area (Å²) < 4.78 is 0.946. The van der Waals surface area contributed by atoms with E-state index in [1.54, 1.807) is 18.3 Å². The van der Waals surface area contributed by atoms with Crippen LogP contribution in [-0.4, -0.2) is 19.9 Å². The number of fused-ring (bicyclic) bond motifs is 1. The van der Waals surface area contributed by atoms with Gasteiger partial charge in [-0.3, -0.25) is 9.97 Å². The number of aromatic nitrogens is 4. The number of hydrogen-bond acceptors (Lipinski definition) is 5. The van der Waals surface area contributed by atoms with Gasteiger partial charge in [0.25, 0.3) is 0 Å². The SMILES string of the molecule is N#Cc1ccc(-c2nc(-c3ccc(-c4cccnc4)cc3)cc(-c3cc(Br)cc(-c4cccc5ncccc45)c3)n2)cc1. The van der Waals surface area contributed by atoms with Gasteiger partial charge < -0.3 is 0 Å². The average Bonchev–Trinajstić information content (AvgIpc) is 3.08. The normalized spacial score (nSPS) is 10.9. The molecule has 3 heterocycles. The van der Waals surface area contributed by atoms with Gasteiger partial charge in [0.05, 0.1) is 28.5 Å². The number of benzene rings is 4. The lowest BCUT2D eigenvalue weighted by molar-refractivity contribution is 1.18. The van der Waals surface area contributed by atoms with E-state index in [1.807, 2.05) is 60.9 Å². The predicted molar refractivity (Wildman–Crippen MR) is 175 cm³/mol. The molecular weight excluding hydrogens is 594 g/mol. The first-order chi connectivity index (χ1) is 21.1. The molecule has 7 aromatic rings. The molecule has 0 bridgehead atoms. The van der Waals surface area contributed by atoms with Crippen LogP contribution in [-0.2, 0) is 0 Å². The van der Waals surface area contributed by atoms with Crippen molar-refractivity contribution in [3.05, 3.63) is 144 Å². The van der Waals surface area contributed by atoms with Crippen LogP contribution < -0.4 is 0 Å². The third kappa shape index (κ3) is 5.42. The van der Waals surface area contributed by atoms with E-state index >= 15 is 0 Å². The second-order valence-electron chi connectivity index (χ2n) is 10.1. The van der Waals surface area contributed by atoms with Crippen LogP contribution in [0.3, 0.4) is 0 Å². The van der Waals surface area contributed by atoms with Crippen molar-refractivity contribution in [1.29, 1.82) is 5.26 Å². The van der Waals surface area contributed by atoms with Crippen molar-refractivity contribution >= 4 is 26.8 Å². The zero-order valence-corrected chi connectivity index (χ0v) is 24.4. The highest BCUT2D eigenvalue weighted by atomic mass is 79.9. The molecule has 43 heavy (non-hydrogen) atoms. The minimum absolute atomic E-state index is 0.587. The van der Waals surface area contributed by atoms with Gasteiger partial charge in [-0.2, -0.15) is 5.26 Å². The fraction of sp³-hybridized carbons (Fsp3) is 0. The third-order valence-electron chi connectivity index (χ3n) is 7.32. The molecule has 0 aliphatic carbocycles. The van der Waals surface area contributed by atoms with E-state index in [-0.39, 0.29) is 0 Å². The van der Waals surface area contributed by atoms with Gasteiger partial charge in [-0.15, -0.1) is 0 Å². The lowest BCUT2D eigenvalue weighted by Crippen LogP contribution is -1.96. The molecule has 0 atom stereocenters. The van der Waals surface area contributed by atoms with E-state index in [4.69, 9.17) is 9.97 Å². The Morgan fingerprint density at radius 2 is 1.30 bits per heavy atom. The molecule has 5 nitrogen and oxygen atoms in total. The number of pyridine rings is 2. The molecule has 0 fully saturated rings.